The normalized spacial score (nSPS) is 17.5. The first-order valence-corrected chi connectivity index (χ1v) is 15.4. The number of benzene rings is 2. The number of anilines is 4. The van der Waals surface area contributed by atoms with Crippen LogP contribution in [0.1, 0.15) is 18.4 Å². The van der Waals surface area contributed by atoms with Crippen LogP contribution in [0.5, 0.6) is 5.75 Å². The van der Waals surface area contributed by atoms with Crippen molar-refractivity contribution in [1.82, 2.24) is 19.8 Å². The van der Waals surface area contributed by atoms with Crippen molar-refractivity contribution in [2.24, 2.45) is 10.9 Å². The SMILES string of the molecule is C=CC(=O)N1CCC[C@H](CN(C)c2nc(Nc3ccc(N4CCN(C)CC4)cc3OC)ncc2/N=C(\C=O)c2ccccc2)C1. The molecule has 45 heavy (non-hydrogen) atoms. The number of ether oxygens (including phenoxy) is 1. The van der Waals surface area contributed by atoms with E-state index in [9.17, 15) is 9.59 Å². The van der Waals surface area contributed by atoms with Crippen molar-refractivity contribution < 1.29 is 14.3 Å². The summed E-state index contributed by atoms with van der Waals surface area (Å²) in [5.41, 5.74) is 3.32. The summed E-state index contributed by atoms with van der Waals surface area (Å²) in [4.78, 5) is 47.2. The number of nitrogens with one attached hydrogen (secondary N) is 1. The number of nitrogens with zero attached hydrogens (tertiary/aromatic N) is 7. The molecule has 0 unspecified atom stereocenters. The number of likely N-dealkylation sites (N-methyl/N-ethyl adjacent to an activating group) is 1. The average Bonchev–Trinajstić information content (AvgIpc) is 3.08. The lowest BCUT2D eigenvalue weighted by Crippen LogP contribution is -2.44. The molecule has 11 heteroatoms. The number of carbonyl (C=O) groups excluding carboxylic acids is 2. The fourth-order valence-electron chi connectivity index (χ4n) is 5.87. The van der Waals surface area contributed by atoms with Gasteiger partial charge >= 0.3 is 0 Å². The molecule has 1 atom stereocenters. The fourth-order valence-corrected chi connectivity index (χ4v) is 5.87. The number of aromatic nitrogens is 2. The molecule has 1 amide bonds. The van der Waals surface area contributed by atoms with Gasteiger partial charge in [0.1, 0.15) is 17.1 Å². The molecule has 2 aliphatic heterocycles. The van der Waals surface area contributed by atoms with Crippen molar-refractivity contribution in [3.05, 3.63) is 72.9 Å². The molecule has 3 heterocycles. The molecular formula is C34H42N8O3. The third kappa shape index (κ3) is 7.85. The summed E-state index contributed by atoms with van der Waals surface area (Å²) in [6, 6.07) is 15.4. The molecule has 3 aromatic rings. The zero-order valence-electron chi connectivity index (χ0n) is 26.4. The topological polar surface area (TPSA) is 106 Å². The first-order chi connectivity index (χ1) is 21.9. The number of amides is 1. The molecule has 236 valence electrons. The molecule has 2 fully saturated rings. The molecule has 0 spiro atoms. The molecule has 2 aliphatic rings. The number of carbonyl (C=O) groups is 2. The quantitative estimate of drug-likeness (QED) is 0.195. The van der Waals surface area contributed by atoms with Crippen molar-refractivity contribution in [3.63, 3.8) is 0 Å². The molecule has 5 rings (SSSR count). The van der Waals surface area contributed by atoms with Gasteiger partial charge in [-0.3, -0.25) is 9.59 Å². The Morgan fingerprint density at radius 3 is 2.64 bits per heavy atom. The van der Waals surface area contributed by atoms with E-state index < -0.39 is 0 Å². The minimum atomic E-state index is -0.0489. The summed E-state index contributed by atoms with van der Waals surface area (Å²) < 4.78 is 5.76. The van der Waals surface area contributed by atoms with Gasteiger partial charge in [0.05, 0.1) is 19.0 Å². The van der Waals surface area contributed by atoms with Gasteiger partial charge in [-0.1, -0.05) is 36.9 Å². The van der Waals surface area contributed by atoms with Crippen LogP contribution in [0.4, 0.5) is 28.8 Å². The monoisotopic (exact) mass is 610 g/mol. The summed E-state index contributed by atoms with van der Waals surface area (Å²) in [6.07, 6.45) is 5.66. The van der Waals surface area contributed by atoms with E-state index >= 15 is 0 Å². The second kappa shape index (κ2) is 14.8. The molecular weight excluding hydrogens is 568 g/mol. The molecule has 1 aromatic heterocycles. The van der Waals surface area contributed by atoms with Gasteiger partial charge in [-0.15, -0.1) is 0 Å². The van der Waals surface area contributed by atoms with Crippen molar-refractivity contribution in [2.45, 2.75) is 12.8 Å². The van der Waals surface area contributed by atoms with Gasteiger partial charge in [0, 0.05) is 70.2 Å². The van der Waals surface area contributed by atoms with E-state index in [0.717, 1.165) is 63.2 Å². The van der Waals surface area contributed by atoms with Crippen LogP contribution in [0.2, 0.25) is 0 Å². The first-order valence-electron chi connectivity index (χ1n) is 15.4. The molecule has 0 radical (unpaired) electrons. The number of likely N-dealkylation sites (tertiary alicyclic amines) is 1. The summed E-state index contributed by atoms with van der Waals surface area (Å²) >= 11 is 0. The standard InChI is InChI=1S/C34H42N8O3/c1-5-32(44)42-15-9-10-25(23-42)22-40(3)33-29(36-30(24-43)26-11-7-6-8-12-26)21-35-34(38-33)37-28-14-13-27(20-31(28)45-4)41-18-16-39(2)17-19-41/h5-8,11-14,20-21,24-25H,1,9-10,15-19,22-23H2,2-4H3,(H,35,37,38)/b36-30+/t25-/m1/s1. The van der Waals surface area contributed by atoms with Gasteiger partial charge in [-0.05, 0) is 44.0 Å². The number of rotatable bonds is 11. The second-order valence-electron chi connectivity index (χ2n) is 11.6. The Hall–Kier alpha value is -4.77. The van der Waals surface area contributed by atoms with Crippen LogP contribution in [0, 0.1) is 5.92 Å². The first kappa shape index (κ1) is 31.6. The third-order valence-electron chi connectivity index (χ3n) is 8.37. The third-order valence-corrected chi connectivity index (χ3v) is 8.37. The zero-order chi connectivity index (χ0) is 31.8. The maximum absolute atomic E-state index is 12.3. The number of hydrogen-bond acceptors (Lipinski definition) is 10. The number of piperazine rings is 1. The predicted molar refractivity (Wildman–Crippen MR) is 179 cm³/mol. The Labute approximate surface area is 265 Å². The van der Waals surface area contributed by atoms with Crippen molar-refractivity contribution in [1.29, 1.82) is 0 Å². The Kier molecular flexibility index (Phi) is 10.4. The smallest absolute Gasteiger partial charge is 0.245 e. The molecule has 11 nitrogen and oxygen atoms in total. The lowest BCUT2D eigenvalue weighted by Gasteiger charge is -2.34. The Morgan fingerprint density at radius 1 is 1.16 bits per heavy atom. The lowest BCUT2D eigenvalue weighted by atomic mass is 9.97. The lowest BCUT2D eigenvalue weighted by molar-refractivity contribution is -0.127. The second-order valence-corrected chi connectivity index (χ2v) is 11.6. The van der Waals surface area contributed by atoms with E-state index in [-0.39, 0.29) is 17.5 Å². The largest absolute Gasteiger partial charge is 0.494 e. The number of aliphatic imine (C=N–C) groups is 1. The van der Waals surface area contributed by atoms with Crippen LogP contribution in [0.3, 0.4) is 0 Å². The molecule has 1 N–H and O–H groups in total. The van der Waals surface area contributed by atoms with Gasteiger partial charge in [0.2, 0.25) is 11.9 Å². The van der Waals surface area contributed by atoms with Crippen molar-refractivity contribution in [2.75, 3.05) is 82.1 Å². The van der Waals surface area contributed by atoms with E-state index in [0.29, 0.717) is 41.9 Å². The highest BCUT2D eigenvalue weighted by Crippen LogP contribution is 2.34. The average molecular weight is 611 g/mol. The van der Waals surface area contributed by atoms with Gasteiger partial charge in [-0.25, -0.2) is 9.98 Å². The van der Waals surface area contributed by atoms with Gasteiger partial charge < -0.3 is 29.7 Å². The molecule has 0 aliphatic carbocycles. The Morgan fingerprint density at radius 2 is 1.93 bits per heavy atom. The van der Waals surface area contributed by atoms with Crippen LogP contribution in [-0.4, -0.2) is 105 Å². The van der Waals surface area contributed by atoms with Gasteiger partial charge in [0.25, 0.3) is 0 Å². The molecule has 0 bridgehead atoms. The van der Waals surface area contributed by atoms with Crippen molar-refractivity contribution >= 4 is 46.7 Å². The minimum Gasteiger partial charge on any atom is -0.494 e. The van der Waals surface area contributed by atoms with Crippen LogP contribution in [0.15, 0.2) is 72.4 Å². The Bertz CT molecular complexity index is 1520. The van der Waals surface area contributed by atoms with E-state index in [1.54, 1.807) is 13.3 Å². The summed E-state index contributed by atoms with van der Waals surface area (Å²) in [5, 5.41) is 3.33. The predicted octanol–water partition coefficient (Wildman–Crippen LogP) is 4.16. The van der Waals surface area contributed by atoms with Crippen LogP contribution >= 0.6 is 0 Å². The van der Waals surface area contributed by atoms with Crippen LogP contribution < -0.4 is 19.9 Å². The molecule has 2 saturated heterocycles. The highest BCUT2D eigenvalue weighted by atomic mass is 16.5. The highest BCUT2D eigenvalue weighted by Gasteiger charge is 2.25. The number of aldehydes is 1. The summed E-state index contributed by atoms with van der Waals surface area (Å²) in [6.45, 7) is 9.61. The van der Waals surface area contributed by atoms with Crippen LogP contribution in [-0.2, 0) is 9.59 Å². The maximum Gasteiger partial charge on any atom is 0.245 e. The van der Waals surface area contributed by atoms with E-state index in [4.69, 9.17) is 14.7 Å². The number of piperidine rings is 1. The Balaban J connectivity index is 1.44. The fraction of sp³-hybridized carbons (Fsp3) is 0.382. The zero-order valence-corrected chi connectivity index (χ0v) is 26.4. The van der Waals surface area contributed by atoms with Gasteiger partial charge in [0.15, 0.2) is 12.1 Å². The molecule has 2 aromatic carbocycles. The van der Waals surface area contributed by atoms with Crippen molar-refractivity contribution in [3.8, 4) is 5.75 Å². The summed E-state index contributed by atoms with van der Waals surface area (Å²) in [5.74, 6) is 1.82. The van der Waals surface area contributed by atoms with E-state index in [1.807, 2.05) is 59.3 Å². The highest BCUT2D eigenvalue weighted by molar-refractivity contribution is 6.36. The van der Waals surface area contributed by atoms with E-state index in [2.05, 4.69) is 39.8 Å². The molecule has 0 saturated carbocycles. The summed E-state index contributed by atoms with van der Waals surface area (Å²) in [7, 11) is 5.75. The van der Waals surface area contributed by atoms with E-state index in [1.165, 1.54) is 6.08 Å². The van der Waals surface area contributed by atoms with Crippen LogP contribution in [0.25, 0.3) is 0 Å². The maximum atomic E-state index is 12.3. The van der Waals surface area contributed by atoms with Gasteiger partial charge in [-0.2, -0.15) is 4.98 Å². The number of hydrogen-bond donors (Lipinski definition) is 1. The number of methoxy groups -OCH3 is 1. The minimum absolute atomic E-state index is 0.0489.